The summed E-state index contributed by atoms with van der Waals surface area (Å²) >= 11 is 9.59. The molecule has 31 heavy (non-hydrogen) atoms. The lowest BCUT2D eigenvalue weighted by Gasteiger charge is -2.16. The van der Waals surface area contributed by atoms with Gasteiger partial charge in [0.15, 0.2) is 10.4 Å². The highest BCUT2D eigenvalue weighted by Gasteiger charge is 2.34. The van der Waals surface area contributed by atoms with E-state index in [1.54, 1.807) is 61.5 Å². The van der Waals surface area contributed by atoms with Crippen LogP contribution in [0.3, 0.4) is 0 Å². The van der Waals surface area contributed by atoms with Crippen LogP contribution in [-0.2, 0) is 9.59 Å². The highest BCUT2D eigenvalue weighted by Crippen LogP contribution is 2.33. The zero-order chi connectivity index (χ0) is 22.5. The van der Waals surface area contributed by atoms with E-state index in [9.17, 15) is 19.5 Å². The monoisotopic (exact) mass is 520 g/mol. The lowest BCUT2D eigenvalue weighted by atomic mass is 10.1. The lowest BCUT2D eigenvalue weighted by Crippen LogP contribution is -2.44. The van der Waals surface area contributed by atoms with Crippen LogP contribution in [-0.4, -0.2) is 38.3 Å². The number of para-hydroxylation sites is 1. The van der Waals surface area contributed by atoms with E-state index in [4.69, 9.17) is 17.0 Å². The molecule has 0 spiro atoms. The molecule has 1 unspecified atom stereocenters. The zero-order valence-corrected chi connectivity index (χ0v) is 19.4. The second kappa shape index (κ2) is 10.1. The van der Waals surface area contributed by atoms with E-state index < -0.39 is 23.9 Å². The summed E-state index contributed by atoms with van der Waals surface area (Å²) in [4.78, 5) is 36.9. The molecule has 0 aliphatic carbocycles. The molecule has 10 heteroatoms. The summed E-state index contributed by atoms with van der Waals surface area (Å²) in [5, 5.41) is 10.3. The number of carboxylic acids is 1. The molecule has 2 aromatic carbocycles. The van der Waals surface area contributed by atoms with Crippen LogP contribution in [0.15, 0.2) is 57.9 Å². The number of rotatable bonds is 7. The number of nitrogens with one attached hydrogen (secondary N) is 1. The van der Waals surface area contributed by atoms with E-state index in [1.165, 1.54) is 0 Å². The van der Waals surface area contributed by atoms with Gasteiger partial charge in [-0.15, -0.1) is 0 Å². The van der Waals surface area contributed by atoms with Crippen LogP contribution in [0, 0.1) is 0 Å². The lowest BCUT2D eigenvalue weighted by molar-refractivity contribution is -0.145. The molecule has 0 radical (unpaired) electrons. The van der Waals surface area contributed by atoms with E-state index in [-0.39, 0.29) is 15.6 Å². The van der Waals surface area contributed by atoms with Gasteiger partial charge in [-0.3, -0.25) is 15.0 Å². The summed E-state index contributed by atoms with van der Waals surface area (Å²) in [6, 6.07) is 13.5. The molecular formula is C21H17BrN2O5S2. The number of thiocarbonyl (C=S) groups is 1. The smallest absolute Gasteiger partial charge is 0.344 e. The van der Waals surface area contributed by atoms with Crippen molar-refractivity contribution in [3.8, 4) is 5.75 Å². The van der Waals surface area contributed by atoms with E-state index in [0.717, 1.165) is 21.2 Å². The van der Waals surface area contributed by atoms with Gasteiger partial charge in [-0.2, -0.15) is 5.01 Å². The van der Waals surface area contributed by atoms with Crippen molar-refractivity contribution in [1.29, 1.82) is 0 Å². The van der Waals surface area contributed by atoms with Gasteiger partial charge in [0.05, 0.1) is 4.91 Å². The van der Waals surface area contributed by atoms with Gasteiger partial charge in [-0.05, 0) is 55.0 Å². The van der Waals surface area contributed by atoms with Gasteiger partial charge >= 0.3 is 5.97 Å². The van der Waals surface area contributed by atoms with Crippen LogP contribution in [0.1, 0.15) is 29.3 Å². The molecular weight excluding hydrogens is 504 g/mol. The Bertz CT molecular complexity index is 1070. The van der Waals surface area contributed by atoms with Gasteiger partial charge in [0.25, 0.3) is 11.8 Å². The molecule has 1 aliphatic heterocycles. The number of carbonyl (C=O) groups excluding carboxylic acids is 2. The maximum absolute atomic E-state index is 12.8. The quantitative estimate of drug-likeness (QED) is 0.416. The van der Waals surface area contributed by atoms with Crippen molar-refractivity contribution in [3.05, 3.63) is 69.0 Å². The minimum atomic E-state index is -1.07. The molecule has 0 aromatic heterocycles. The first-order chi connectivity index (χ1) is 14.8. The Morgan fingerprint density at radius 2 is 1.94 bits per heavy atom. The van der Waals surface area contributed by atoms with Gasteiger partial charge in [0.2, 0.25) is 0 Å². The fraction of sp³-hybridized carbons (Fsp3) is 0.143. The van der Waals surface area contributed by atoms with Crippen LogP contribution in [0.25, 0.3) is 6.08 Å². The van der Waals surface area contributed by atoms with Gasteiger partial charge < -0.3 is 9.84 Å². The number of halogens is 1. The second-order valence-electron chi connectivity index (χ2n) is 6.36. The minimum absolute atomic E-state index is 0.178. The van der Waals surface area contributed by atoms with E-state index >= 15 is 0 Å². The van der Waals surface area contributed by atoms with Crippen molar-refractivity contribution in [2.24, 2.45) is 0 Å². The molecule has 1 atom stereocenters. The zero-order valence-electron chi connectivity index (χ0n) is 16.2. The number of aliphatic carboxylic acids is 1. The molecule has 2 amide bonds. The van der Waals surface area contributed by atoms with Crippen LogP contribution in [0.5, 0.6) is 5.75 Å². The average molecular weight is 521 g/mol. The van der Waals surface area contributed by atoms with Crippen molar-refractivity contribution >= 4 is 68.1 Å². The van der Waals surface area contributed by atoms with Crippen LogP contribution < -0.4 is 10.2 Å². The van der Waals surface area contributed by atoms with Gasteiger partial charge in [-0.25, -0.2) is 4.79 Å². The molecule has 0 saturated carbocycles. The first-order valence-electron chi connectivity index (χ1n) is 9.13. The van der Waals surface area contributed by atoms with E-state index in [1.807, 2.05) is 0 Å². The highest BCUT2D eigenvalue weighted by atomic mass is 79.9. The van der Waals surface area contributed by atoms with Crippen molar-refractivity contribution in [1.82, 2.24) is 10.4 Å². The van der Waals surface area contributed by atoms with Crippen LogP contribution in [0.2, 0.25) is 0 Å². The first-order valence-corrected chi connectivity index (χ1v) is 11.1. The second-order valence-corrected chi connectivity index (χ2v) is 8.95. The van der Waals surface area contributed by atoms with Crippen molar-refractivity contribution < 1.29 is 24.2 Å². The Morgan fingerprint density at radius 1 is 1.26 bits per heavy atom. The summed E-state index contributed by atoms with van der Waals surface area (Å²) in [5.74, 6) is -1.69. The molecule has 1 fully saturated rings. The fourth-order valence-electron chi connectivity index (χ4n) is 2.64. The minimum Gasteiger partial charge on any atom is -0.479 e. The third-order valence-corrected chi connectivity index (χ3v) is 6.07. The Morgan fingerprint density at radius 3 is 2.58 bits per heavy atom. The van der Waals surface area contributed by atoms with Crippen LogP contribution >= 0.6 is 39.9 Å². The van der Waals surface area contributed by atoms with Gasteiger partial charge in [0, 0.05) is 15.6 Å². The first kappa shape index (κ1) is 23.0. The Hall–Kier alpha value is -2.69. The number of thioether (sulfide) groups is 1. The molecule has 2 N–H and O–H groups in total. The molecule has 1 heterocycles. The molecule has 2 aromatic rings. The number of hydrogen-bond donors (Lipinski definition) is 2. The SMILES string of the molecule is CCC(Oc1ccccc1/C=C1/SC(=S)N(NC(=O)c2ccc(Br)cc2)C1=O)C(=O)O. The molecule has 160 valence electrons. The van der Waals surface area contributed by atoms with Gasteiger partial charge in [-0.1, -0.05) is 52.8 Å². The highest BCUT2D eigenvalue weighted by molar-refractivity contribution is 9.10. The van der Waals surface area contributed by atoms with Crippen molar-refractivity contribution in [2.75, 3.05) is 0 Å². The number of ether oxygens (including phenoxy) is 1. The number of hydrazine groups is 1. The number of amides is 2. The van der Waals surface area contributed by atoms with Gasteiger partial charge in [0.1, 0.15) is 5.75 Å². The third-order valence-electron chi connectivity index (χ3n) is 4.23. The topological polar surface area (TPSA) is 95.9 Å². The molecule has 1 saturated heterocycles. The number of carbonyl (C=O) groups is 3. The van der Waals surface area contributed by atoms with Crippen molar-refractivity contribution in [2.45, 2.75) is 19.4 Å². The summed E-state index contributed by atoms with van der Waals surface area (Å²) in [6.45, 7) is 1.71. The van der Waals surface area contributed by atoms with Crippen molar-refractivity contribution in [3.63, 3.8) is 0 Å². The Balaban J connectivity index is 1.80. The Kier molecular flexibility index (Phi) is 7.47. The summed E-state index contributed by atoms with van der Waals surface area (Å²) < 4.78 is 6.61. The number of carboxylic acid groups (broad SMARTS) is 1. The van der Waals surface area contributed by atoms with E-state index in [2.05, 4.69) is 21.4 Å². The molecule has 7 nitrogen and oxygen atoms in total. The fourth-order valence-corrected chi connectivity index (χ4v) is 4.08. The summed E-state index contributed by atoms with van der Waals surface area (Å²) in [7, 11) is 0. The normalized spacial score (nSPS) is 15.8. The molecule has 3 rings (SSSR count). The Labute approximate surface area is 196 Å². The predicted molar refractivity (Wildman–Crippen MR) is 125 cm³/mol. The summed E-state index contributed by atoms with van der Waals surface area (Å²) in [5.41, 5.74) is 3.42. The number of nitrogens with zero attached hydrogens (tertiary/aromatic N) is 1. The third kappa shape index (κ3) is 5.52. The summed E-state index contributed by atoms with van der Waals surface area (Å²) in [6.07, 6.45) is 0.845. The van der Waals surface area contributed by atoms with Crippen LogP contribution in [0.4, 0.5) is 0 Å². The predicted octanol–water partition coefficient (Wildman–Crippen LogP) is 4.24. The average Bonchev–Trinajstić information content (AvgIpc) is 3.00. The molecule has 1 aliphatic rings. The maximum Gasteiger partial charge on any atom is 0.344 e. The molecule has 0 bridgehead atoms. The number of benzene rings is 2. The largest absolute Gasteiger partial charge is 0.479 e. The van der Waals surface area contributed by atoms with E-state index in [0.29, 0.717) is 16.9 Å². The standard InChI is InChI=1S/C21H17BrN2O5S2/c1-2-15(20(27)28)29-16-6-4-3-5-13(16)11-17-19(26)24(21(30)31-17)23-18(25)12-7-9-14(22)10-8-12/h3-11,15H,2H2,1H3,(H,23,25)(H,27,28)/b17-11+. The number of hydrogen-bond acceptors (Lipinski definition) is 6. The maximum atomic E-state index is 12.8.